The molecule has 0 aliphatic carbocycles. The van der Waals surface area contributed by atoms with Crippen molar-refractivity contribution in [2.24, 2.45) is 0 Å². The van der Waals surface area contributed by atoms with Gasteiger partial charge in [0.05, 0.1) is 12.0 Å². The molecule has 4 nitrogen and oxygen atoms in total. The predicted molar refractivity (Wildman–Crippen MR) is 74.6 cm³/mol. The molecule has 1 aromatic carbocycles. The number of nitrogens with zero attached hydrogens (tertiary/aromatic N) is 2. The molecule has 1 amide bonds. The molecule has 0 saturated carbocycles. The SMILES string of the molecule is C#CC(=O)Nc1ccccc1CCn1cnc(C)c1. The van der Waals surface area contributed by atoms with Crippen molar-refractivity contribution in [1.82, 2.24) is 9.55 Å². The molecule has 1 N–H and O–H groups in total. The number of carbonyl (C=O) groups is 1. The largest absolute Gasteiger partial charge is 0.337 e. The monoisotopic (exact) mass is 253 g/mol. The fraction of sp³-hybridized carbons (Fsp3) is 0.200. The zero-order chi connectivity index (χ0) is 13.7. The van der Waals surface area contributed by atoms with Crippen molar-refractivity contribution >= 4 is 11.6 Å². The summed E-state index contributed by atoms with van der Waals surface area (Å²) in [6.45, 7) is 2.77. The van der Waals surface area contributed by atoms with E-state index in [4.69, 9.17) is 6.42 Å². The van der Waals surface area contributed by atoms with Gasteiger partial charge in [0.15, 0.2) is 0 Å². The molecule has 2 aromatic rings. The van der Waals surface area contributed by atoms with Gasteiger partial charge >= 0.3 is 0 Å². The first-order valence-corrected chi connectivity index (χ1v) is 6.03. The maximum absolute atomic E-state index is 11.2. The van der Waals surface area contributed by atoms with E-state index >= 15 is 0 Å². The van der Waals surface area contributed by atoms with Crippen LogP contribution in [0.15, 0.2) is 36.8 Å². The molecule has 0 aliphatic rings. The second-order valence-electron chi connectivity index (χ2n) is 4.26. The average molecular weight is 253 g/mol. The van der Waals surface area contributed by atoms with Gasteiger partial charge in [-0.1, -0.05) is 18.2 Å². The molecule has 1 heterocycles. The quantitative estimate of drug-likeness (QED) is 0.847. The summed E-state index contributed by atoms with van der Waals surface area (Å²) in [6.07, 6.45) is 9.66. The van der Waals surface area contributed by atoms with E-state index in [1.165, 1.54) is 0 Å². The number of aromatic nitrogens is 2. The number of rotatable bonds is 4. The van der Waals surface area contributed by atoms with Crippen LogP contribution in [0.3, 0.4) is 0 Å². The number of para-hydroxylation sites is 1. The van der Waals surface area contributed by atoms with Gasteiger partial charge in [-0.15, -0.1) is 6.42 Å². The molecular formula is C15H15N3O. The van der Waals surface area contributed by atoms with E-state index in [1.54, 1.807) is 6.33 Å². The fourth-order valence-electron chi connectivity index (χ4n) is 1.86. The Morgan fingerprint density at radius 1 is 1.47 bits per heavy atom. The third kappa shape index (κ3) is 3.46. The molecule has 2 rings (SSSR count). The molecule has 0 fully saturated rings. The second kappa shape index (κ2) is 5.87. The Kier molecular flexibility index (Phi) is 3.99. The molecule has 19 heavy (non-hydrogen) atoms. The number of amides is 1. The summed E-state index contributed by atoms with van der Waals surface area (Å²) in [5.41, 5.74) is 2.81. The molecule has 0 aliphatic heterocycles. The van der Waals surface area contributed by atoms with Crippen LogP contribution in [0.25, 0.3) is 0 Å². The molecule has 0 saturated heterocycles. The minimum atomic E-state index is -0.425. The van der Waals surface area contributed by atoms with Crippen molar-refractivity contribution < 1.29 is 4.79 Å². The first-order valence-electron chi connectivity index (χ1n) is 6.03. The van der Waals surface area contributed by atoms with E-state index in [2.05, 4.69) is 16.2 Å². The van der Waals surface area contributed by atoms with Crippen molar-refractivity contribution in [2.75, 3.05) is 5.32 Å². The first kappa shape index (κ1) is 12.9. The van der Waals surface area contributed by atoms with Gasteiger partial charge in [-0.2, -0.15) is 0 Å². The third-order valence-corrected chi connectivity index (χ3v) is 2.80. The molecule has 1 aromatic heterocycles. The molecular weight excluding hydrogens is 238 g/mol. The van der Waals surface area contributed by atoms with E-state index in [0.717, 1.165) is 29.9 Å². The lowest BCUT2D eigenvalue weighted by Gasteiger charge is -2.09. The van der Waals surface area contributed by atoms with Crippen molar-refractivity contribution in [1.29, 1.82) is 0 Å². The van der Waals surface area contributed by atoms with Gasteiger partial charge in [0.1, 0.15) is 0 Å². The maximum Gasteiger partial charge on any atom is 0.300 e. The summed E-state index contributed by atoms with van der Waals surface area (Å²) in [5, 5.41) is 2.70. The van der Waals surface area contributed by atoms with Gasteiger partial charge in [0.25, 0.3) is 5.91 Å². The Bertz CT molecular complexity index is 622. The van der Waals surface area contributed by atoms with Crippen molar-refractivity contribution in [3.63, 3.8) is 0 Å². The van der Waals surface area contributed by atoms with E-state index in [-0.39, 0.29) is 0 Å². The molecule has 0 radical (unpaired) electrons. The number of carbonyl (C=O) groups excluding carboxylic acids is 1. The van der Waals surface area contributed by atoms with Crippen LogP contribution < -0.4 is 5.32 Å². The van der Waals surface area contributed by atoms with Gasteiger partial charge in [0.2, 0.25) is 0 Å². The Hall–Kier alpha value is -2.54. The highest BCUT2D eigenvalue weighted by molar-refractivity contribution is 6.03. The Labute approximate surface area is 112 Å². The van der Waals surface area contributed by atoms with Crippen molar-refractivity contribution in [3.05, 3.63) is 48.0 Å². The van der Waals surface area contributed by atoms with Crippen molar-refractivity contribution in [3.8, 4) is 12.3 Å². The number of benzene rings is 1. The number of aryl methyl sites for hydroxylation is 3. The van der Waals surface area contributed by atoms with Crippen LogP contribution in [0.2, 0.25) is 0 Å². The fourth-order valence-corrected chi connectivity index (χ4v) is 1.86. The van der Waals surface area contributed by atoms with E-state index in [0.29, 0.717) is 0 Å². The highest BCUT2D eigenvalue weighted by atomic mass is 16.1. The maximum atomic E-state index is 11.2. The Morgan fingerprint density at radius 3 is 2.95 bits per heavy atom. The second-order valence-corrected chi connectivity index (χ2v) is 4.26. The zero-order valence-electron chi connectivity index (χ0n) is 10.8. The van der Waals surface area contributed by atoms with Gasteiger partial charge in [-0.3, -0.25) is 4.79 Å². The molecule has 0 spiro atoms. The number of nitrogens with one attached hydrogen (secondary N) is 1. The average Bonchev–Trinajstić information content (AvgIpc) is 2.83. The zero-order valence-corrected chi connectivity index (χ0v) is 10.8. The number of hydrogen-bond donors (Lipinski definition) is 1. The Balaban J connectivity index is 2.07. The van der Waals surface area contributed by atoms with Crippen LogP contribution in [-0.4, -0.2) is 15.5 Å². The van der Waals surface area contributed by atoms with Crippen molar-refractivity contribution in [2.45, 2.75) is 19.9 Å². The third-order valence-electron chi connectivity index (χ3n) is 2.80. The molecule has 0 unspecified atom stereocenters. The van der Waals surface area contributed by atoms with Gasteiger partial charge in [-0.05, 0) is 30.9 Å². The summed E-state index contributed by atoms with van der Waals surface area (Å²) in [6, 6.07) is 7.65. The van der Waals surface area contributed by atoms with Gasteiger partial charge in [0, 0.05) is 18.4 Å². The van der Waals surface area contributed by atoms with Crippen LogP contribution in [0.4, 0.5) is 5.69 Å². The van der Waals surface area contributed by atoms with E-state index < -0.39 is 5.91 Å². The highest BCUT2D eigenvalue weighted by Gasteiger charge is 2.04. The summed E-state index contributed by atoms with van der Waals surface area (Å²) in [4.78, 5) is 15.4. The topological polar surface area (TPSA) is 46.9 Å². The van der Waals surface area contributed by atoms with Crippen LogP contribution in [0.5, 0.6) is 0 Å². The molecule has 0 bridgehead atoms. The predicted octanol–water partition coefficient (Wildman–Crippen LogP) is 2.01. The summed E-state index contributed by atoms with van der Waals surface area (Å²) >= 11 is 0. The summed E-state index contributed by atoms with van der Waals surface area (Å²) in [7, 11) is 0. The van der Waals surface area contributed by atoms with Crippen LogP contribution in [0, 0.1) is 19.3 Å². The smallest absolute Gasteiger partial charge is 0.300 e. The lowest BCUT2D eigenvalue weighted by molar-refractivity contribution is -0.111. The highest BCUT2D eigenvalue weighted by Crippen LogP contribution is 2.16. The standard InChI is InChI=1S/C15H15N3O/c1-3-15(19)17-14-7-5-4-6-13(14)8-9-18-10-12(2)16-11-18/h1,4-7,10-11H,8-9H2,2H3,(H,17,19). The first-order chi connectivity index (χ1) is 9.19. The lowest BCUT2D eigenvalue weighted by atomic mass is 10.1. The minimum absolute atomic E-state index is 0.425. The van der Waals surface area contributed by atoms with Crippen LogP contribution in [-0.2, 0) is 17.8 Å². The minimum Gasteiger partial charge on any atom is -0.337 e. The van der Waals surface area contributed by atoms with Gasteiger partial charge in [-0.25, -0.2) is 4.98 Å². The van der Waals surface area contributed by atoms with Gasteiger partial charge < -0.3 is 9.88 Å². The molecule has 96 valence electrons. The van der Waals surface area contributed by atoms with E-state index in [9.17, 15) is 4.79 Å². The summed E-state index contributed by atoms with van der Waals surface area (Å²) < 4.78 is 2.02. The van der Waals surface area contributed by atoms with E-state index in [1.807, 2.05) is 42.0 Å². The van der Waals surface area contributed by atoms with Crippen LogP contribution in [0.1, 0.15) is 11.3 Å². The normalized spacial score (nSPS) is 9.89. The Morgan fingerprint density at radius 2 is 2.26 bits per heavy atom. The molecule has 0 atom stereocenters. The van der Waals surface area contributed by atoms with Crippen LogP contribution >= 0.6 is 0 Å². The number of imidazole rings is 1. The summed E-state index contributed by atoms with van der Waals surface area (Å²) in [5.74, 6) is 1.63. The number of anilines is 1. The number of hydrogen-bond acceptors (Lipinski definition) is 2. The lowest BCUT2D eigenvalue weighted by Crippen LogP contribution is -2.11. The number of terminal acetylenes is 1. The molecule has 4 heteroatoms.